The van der Waals surface area contributed by atoms with Crippen LogP contribution in [-0.2, 0) is 4.74 Å². The summed E-state index contributed by atoms with van der Waals surface area (Å²) in [4.78, 5) is 13.2. The fraction of sp³-hybridized carbons (Fsp3) is 0.684. The minimum atomic E-state index is -0.466. The zero-order valence-electron chi connectivity index (χ0n) is 15.5. The number of benzene rings is 1. The molecule has 0 unspecified atom stereocenters. The third kappa shape index (κ3) is 4.15. The molecule has 6 nitrogen and oxygen atoms in total. The second-order valence-electron chi connectivity index (χ2n) is 7.76. The quantitative estimate of drug-likeness (QED) is 0.632. The van der Waals surface area contributed by atoms with Crippen LogP contribution in [0.15, 0.2) is 18.2 Å². The Hall–Kier alpha value is -1.73. The summed E-state index contributed by atoms with van der Waals surface area (Å²) in [7, 11) is 1.79. The molecule has 1 aliphatic heterocycles. The molecule has 2 fully saturated rings. The highest BCUT2D eigenvalue weighted by molar-refractivity contribution is 5.61. The molecule has 26 heavy (non-hydrogen) atoms. The SMILES string of the molecule is COC1CCC(C)(N2CCC(Nc3cc(F)ccc3[N+](=O)[O-])CC2)CC1. The summed E-state index contributed by atoms with van der Waals surface area (Å²) in [5.41, 5.74) is 0.421. The molecule has 0 radical (unpaired) electrons. The van der Waals surface area contributed by atoms with E-state index in [0.29, 0.717) is 6.10 Å². The van der Waals surface area contributed by atoms with E-state index in [0.717, 1.165) is 57.7 Å². The van der Waals surface area contributed by atoms with Gasteiger partial charge in [0.25, 0.3) is 5.69 Å². The Bertz CT molecular complexity index is 639. The number of rotatable bonds is 5. The predicted molar refractivity (Wildman–Crippen MR) is 98.9 cm³/mol. The highest BCUT2D eigenvalue weighted by Gasteiger charge is 2.38. The summed E-state index contributed by atoms with van der Waals surface area (Å²) < 4.78 is 19.0. The van der Waals surface area contributed by atoms with Crippen LogP contribution in [0.5, 0.6) is 0 Å². The van der Waals surface area contributed by atoms with Gasteiger partial charge in [0.15, 0.2) is 0 Å². The fourth-order valence-corrected chi connectivity index (χ4v) is 4.33. The Morgan fingerprint density at radius 1 is 1.27 bits per heavy atom. The number of anilines is 1. The molecule has 144 valence electrons. The molecule has 0 spiro atoms. The van der Waals surface area contributed by atoms with Crippen molar-refractivity contribution in [2.75, 3.05) is 25.5 Å². The van der Waals surface area contributed by atoms with Gasteiger partial charge in [-0.3, -0.25) is 15.0 Å². The van der Waals surface area contributed by atoms with Gasteiger partial charge in [-0.05, 0) is 51.5 Å². The lowest BCUT2D eigenvalue weighted by Gasteiger charge is -2.48. The molecule has 1 heterocycles. The van der Waals surface area contributed by atoms with Crippen LogP contribution < -0.4 is 5.32 Å². The largest absolute Gasteiger partial charge is 0.381 e. The van der Waals surface area contributed by atoms with Crippen LogP contribution in [0.25, 0.3) is 0 Å². The third-order valence-corrected chi connectivity index (χ3v) is 6.12. The second-order valence-corrected chi connectivity index (χ2v) is 7.76. The lowest BCUT2D eigenvalue weighted by atomic mass is 9.79. The predicted octanol–water partition coefficient (Wildman–Crippen LogP) is 3.96. The van der Waals surface area contributed by atoms with E-state index in [4.69, 9.17) is 4.74 Å². The highest BCUT2D eigenvalue weighted by Crippen LogP contribution is 2.36. The van der Waals surface area contributed by atoms with Crippen molar-refractivity contribution in [2.24, 2.45) is 0 Å². The molecule has 1 aromatic rings. The lowest BCUT2D eigenvalue weighted by Crippen LogP contribution is -2.53. The summed E-state index contributed by atoms with van der Waals surface area (Å²) >= 11 is 0. The second kappa shape index (κ2) is 7.88. The van der Waals surface area contributed by atoms with Gasteiger partial charge in [0.2, 0.25) is 0 Å². The number of nitrogens with zero attached hydrogens (tertiary/aromatic N) is 2. The van der Waals surface area contributed by atoms with Crippen LogP contribution in [0.3, 0.4) is 0 Å². The molecule has 1 aromatic carbocycles. The molecular weight excluding hydrogens is 337 g/mol. The average molecular weight is 365 g/mol. The van der Waals surface area contributed by atoms with Gasteiger partial charge < -0.3 is 10.1 Å². The topological polar surface area (TPSA) is 67.6 Å². The van der Waals surface area contributed by atoms with Gasteiger partial charge in [0.05, 0.1) is 11.0 Å². The molecule has 7 heteroatoms. The van der Waals surface area contributed by atoms with E-state index in [1.165, 1.54) is 12.1 Å². The van der Waals surface area contributed by atoms with Gasteiger partial charge >= 0.3 is 0 Å². The van der Waals surface area contributed by atoms with Crippen molar-refractivity contribution < 1.29 is 14.1 Å². The van der Waals surface area contributed by atoms with E-state index in [-0.39, 0.29) is 23.0 Å². The maximum absolute atomic E-state index is 13.5. The molecule has 2 aliphatic rings. The number of piperidine rings is 1. The fourth-order valence-electron chi connectivity index (χ4n) is 4.33. The number of ether oxygens (including phenoxy) is 1. The first-order valence-electron chi connectivity index (χ1n) is 9.39. The Labute approximate surface area is 153 Å². The van der Waals surface area contributed by atoms with E-state index in [2.05, 4.69) is 17.1 Å². The van der Waals surface area contributed by atoms with Crippen molar-refractivity contribution in [3.63, 3.8) is 0 Å². The molecule has 0 aromatic heterocycles. The van der Waals surface area contributed by atoms with Gasteiger partial charge in [-0.25, -0.2) is 4.39 Å². The molecule has 1 aliphatic carbocycles. The van der Waals surface area contributed by atoms with E-state index in [9.17, 15) is 14.5 Å². The molecule has 0 atom stereocenters. The van der Waals surface area contributed by atoms with Gasteiger partial charge in [-0.1, -0.05) is 0 Å². The Balaban J connectivity index is 1.58. The molecular formula is C19H28FN3O3. The first-order valence-corrected chi connectivity index (χ1v) is 9.39. The Kier molecular flexibility index (Phi) is 5.77. The highest BCUT2D eigenvalue weighted by atomic mass is 19.1. The van der Waals surface area contributed by atoms with Gasteiger partial charge in [0, 0.05) is 43.9 Å². The molecule has 1 saturated carbocycles. The van der Waals surface area contributed by atoms with Crippen LogP contribution in [0, 0.1) is 15.9 Å². The lowest BCUT2D eigenvalue weighted by molar-refractivity contribution is -0.384. The maximum Gasteiger partial charge on any atom is 0.292 e. The van der Waals surface area contributed by atoms with Crippen LogP contribution in [0.1, 0.15) is 45.4 Å². The maximum atomic E-state index is 13.5. The van der Waals surface area contributed by atoms with Crippen molar-refractivity contribution >= 4 is 11.4 Å². The summed E-state index contributed by atoms with van der Waals surface area (Å²) in [5.74, 6) is -0.460. The minimum absolute atomic E-state index is 0.0707. The molecule has 1 N–H and O–H groups in total. The Morgan fingerprint density at radius 2 is 1.92 bits per heavy atom. The zero-order chi connectivity index (χ0) is 18.7. The number of methoxy groups -OCH3 is 1. The number of hydrogen-bond acceptors (Lipinski definition) is 5. The molecule has 3 rings (SSSR count). The number of halogens is 1. The third-order valence-electron chi connectivity index (χ3n) is 6.12. The first kappa shape index (κ1) is 19.0. The van der Waals surface area contributed by atoms with E-state index >= 15 is 0 Å². The summed E-state index contributed by atoms with van der Waals surface area (Å²) in [6.45, 7) is 4.24. The van der Waals surface area contributed by atoms with E-state index < -0.39 is 10.7 Å². The van der Waals surface area contributed by atoms with E-state index in [1.807, 2.05) is 0 Å². The minimum Gasteiger partial charge on any atom is -0.381 e. The van der Waals surface area contributed by atoms with Crippen molar-refractivity contribution in [1.29, 1.82) is 0 Å². The summed E-state index contributed by atoms with van der Waals surface area (Å²) in [6.07, 6.45) is 6.66. The van der Waals surface area contributed by atoms with Crippen LogP contribution in [0.4, 0.5) is 15.8 Å². The van der Waals surface area contributed by atoms with Crippen molar-refractivity contribution in [3.05, 3.63) is 34.1 Å². The van der Waals surface area contributed by atoms with Crippen molar-refractivity contribution in [1.82, 2.24) is 4.90 Å². The number of hydrogen-bond donors (Lipinski definition) is 1. The normalized spacial score (nSPS) is 28.0. The zero-order valence-corrected chi connectivity index (χ0v) is 15.5. The van der Waals surface area contributed by atoms with Crippen molar-refractivity contribution in [2.45, 2.75) is 63.1 Å². The molecule has 0 amide bonds. The van der Waals surface area contributed by atoms with Crippen LogP contribution >= 0.6 is 0 Å². The number of nitrogens with one attached hydrogen (secondary N) is 1. The standard InChI is InChI=1S/C19H28FN3O3/c1-19(9-5-16(26-2)6-10-19)22-11-7-15(8-12-22)21-17-13-14(20)3-4-18(17)23(24)25/h3-4,13,15-16,21H,5-12H2,1-2H3. The monoisotopic (exact) mass is 365 g/mol. The number of nitro benzene ring substituents is 1. The van der Waals surface area contributed by atoms with Crippen LogP contribution in [-0.4, -0.2) is 47.7 Å². The van der Waals surface area contributed by atoms with Crippen molar-refractivity contribution in [3.8, 4) is 0 Å². The van der Waals surface area contributed by atoms with Gasteiger partial charge in [-0.2, -0.15) is 0 Å². The van der Waals surface area contributed by atoms with Crippen LogP contribution in [0.2, 0.25) is 0 Å². The van der Waals surface area contributed by atoms with Gasteiger partial charge in [-0.15, -0.1) is 0 Å². The Morgan fingerprint density at radius 3 is 2.50 bits per heavy atom. The number of nitro groups is 1. The first-order chi connectivity index (χ1) is 12.4. The van der Waals surface area contributed by atoms with Gasteiger partial charge in [0.1, 0.15) is 11.5 Å². The molecule has 0 bridgehead atoms. The smallest absolute Gasteiger partial charge is 0.292 e. The average Bonchev–Trinajstić information content (AvgIpc) is 2.63. The summed E-state index contributed by atoms with van der Waals surface area (Å²) in [5, 5.41) is 14.3. The molecule has 1 saturated heterocycles. The summed E-state index contributed by atoms with van der Waals surface area (Å²) in [6, 6.07) is 3.70. The number of likely N-dealkylation sites (tertiary alicyclic amines) is 1. The van der Waals surface area contributed by atoms with E-state index in [1.54, 1.807) is 7.11 Å².